The lowest BCUT2D eigenvalue weighted by molar-refractivity contribution is -0.112. The van der Waals surface area contributed by atoms with Crippen LogP contribution in [0.25, 0.3) is 6.08 Å². The van der Waals surface area contributed by atoms with Crippen LogP contribution in [0.2, 0.25) is 10.0 Å². The Morgan fingerprint density at radius 3 is 2.51 bits per heavy atom. The normalized spacial score (nSPS) is 10.9. The van der Waals surface area contributed by atoms with E-state index in [2.05, 4.69) is 5.32 Å². The van der Waals surface area contributed by atoms with Crippen LogP contribution in [0.5, 0.6) is 11.5 Å². The molecule has 3 aromatic carbocycles. The van der Waals surface area contributed by atoms with Gasteiger partial charge >= 0.3 is 5.97 Å². The Hall–Kier alpha value is -3.99. The van der Waals surface area contributed by atoms with Crippen molar-refractivity contribution in [3.63, 3.8) is 0 Å². The van der Waals surface area contributed by atoms with Gasteiger partial charge in [-0.25, -0.2) is 4.79 Å². The maximum absolute atomic E-state index is 12.6. The van der Waals surface area contributed by atoms with Crippen molar-refractivity contribution in [2.75, 3.05) is 11.9 Å². The van der Waals surface area contributed by atoms with Crippen molar-refractivity contribution in [2.45, 2.75) is 13.5 Å². The molecule has 1 amide bonds. The summed E-state index contributed by atoms with van der Waals surface area (Å²) in [5.41, 5.74) is 1.24. The average molecular weight is 511 g/mol. The molecule has 0 saturated heterocycles. The molecule has 0 aliphatic rings. The van der Waals surface area contributed by atoms with Gasteiger partial charge in [0.05, 0.1) is 17.2 Å². The average Bonchev–Trinajstić information content (AvgIpc) is 2.83. The standard InChI is InChI=1S/C26H20Cl2N2O5/c1-2-34-23-12-16(11-22(28)24(23)35-15-18-6-3-4-9-21(18)27)10-19(14-29)25(31)30-20-8-5-7-17(13-20)26(32)33/h3-13H,2,15H2,1H3,(H,30,31)(H,32,33)/b19-10-. The molecular formula is C26H20Cl2N2O5. The number of halogens is 2. The van der Waals surface area contributed by atoms with Crippen LogP contribution < -0.4 is 14.8 Å². The highest BCUT2D eigenvalue weighted by atomic mass is 35.5. The number of rotatable bonds is 9. The Morgan fingerprint density at radius 2 is 1.83 bits per heavy atom. The third kappa shape index (κ3) is 6.76. The molecule has 0 aromatic heterocycles. The Labute approximate surface area is 212 Å². The van der Waals surface area contributed by atoms with E-state index in [9.17, 15) is 14.9 Å². The van der Waals surface area contributed by atoms with E-state index < -0.39 is 11.9 Å². The molecule has 3 rings (SSSR count). The Morgan fingerprint density at radius 1 is 1.06 bits per heavy atom. The third-order valence-corrected chi connectivity index (χ3v) is 5.35. The van der Waals surface area contributed by atoms with Gasteiger partial charge in [-0.05, 0) is 55.0 Å². The molecule has 0 bridgehead atoms. The van der Waals surface area contributed by atoms with E-state index in [1.807, 2.05) is 24.3 Å². The number of nitriles is 1. The lowest BCUT2D eigenvalue weighted by Crippen LogP contribution is -2.14. The van der Waals surface area contributed by atoms with Gasteiger partial charge in [0.1, 0.15) is 18.2 Å². The smallest absolute Gasteiger partial charge is 0.335 e. The number of hydrogen-bond donors (Lipinski definition) is 2. The van der Waals surface area contributed by atoms with Crippen molar-refractivity contribution in [3.05, 3.63) is 93.0 Å². The van der Waals surface area contributed by atoms with Gasteiger partial charge in [-0.1, -0.05) is 47.5 Å². The molecule has 0 aliphatic heterocycles. The molecule has 2 N–H and O–H groups in total. The first-order valence-electron chi connectivity index (χ1n) is 10.4. The summed E-state index contributed by atoms with van der Waals surface area (Å²) in [6.07, 6.45) is 1.35. The van der Waals surface area contributed by atoms with Crippen molar-refractivity contribution in [3.8, 4) is 17.6 Å². The summed E-state index contributed by atoms with van der Waals surface area (Å²) >= 11 is 12.6. The van der Waals surface area contributed by atoms with Crippen molar-refractivity contribution in [1.82, 2.24) is 0 Å². The van der Waals surface area contributed by atoms with Crippen LogP contribution in [0.1, 0.15) is 28.4 Å². The van der Waals surface area contributed by atoms with Crippen molar-refractivity contribution in [1.29, 1.82) is 5.26 Å². The molecule has 9 heteroatoms. The van der Waals surface area contributed by atoms with Gasteiger partial charge in [0.15, 0.2) is 11.5 Å². The van der Waals surface area contributed by atoms with Crippen LogP contribution in [0.4, 0.5) is 5.69 Å². The summed E-state index contributed by atoms with van der Waals surface area (Å²) in [6, 6.07) is 17.9. The van der Waals surface area contributed by atoms with Gasteiger partial charge in [-0.3, -0.25) is 4.79 Å². The number of nitrogens with zero attached hydrogens (tertiary/aromatic N) is 1. The number of anilines is 1. The molecule has 178 valence electrons. The number of benzene rings is 3. The largest absolute Gasteiger partial charge is 0.490 e. The lowest BCUT2D eigenvalue weighted by Gasteiger charge is -2.15. The van der Waals surface area contributed by atoms with E-state index in [0.717, 1.165) is 5.56 Å². The summed E-state index contributed by atoms with van der Waals surface area (Å²) in [5.74, 6) is -1.19. The van der Waals surface area contributed by atoms with Gasteiger partial charge in [-0.2, -0.15) is 5.26 Å². The SMILES string of the molecule is CCOc1cc(/C=C(/C#N)C(=O)Nc2cccc(C(=O)O)c2)cc(Cl)c1OCc1ccccc1Cl. The Bertz CT molecular complexity index is 1330. The van der Waals surface area contributed by atoms with E-state index in [1.165, 1.54) is 30.3 Å². The maximum Gasteiger partial charge on any atom is 0.335 e. The number of ether oxygens (including phenoxy) is 2. The minimum atomic E-state index is -1.13. The Kier molecular flexibility index (Phi) is 8.74. The first-order chi connectivity index (χ1) is 16.8. The highest BCUT2D eigenvalue weighted by Gasteiger charge is 2.16. The second-order valence-corrected chi connectivity index (χ2v) is 7.97. The fraction of sp³-hybridized carbons (Fsp3) is 0.115. The quantitative estimate of drug-likeness (QED) is 0.261. The lowest BCUT2D eigenvalue weighted by atomic mass is 10.1. The summed E-state index contributed by atoms with van der Waals surface area (Å²) in [6.45, 7) is 2.29. The molecule has 3 aromatic rings. The number of carboxylic acids is 1. The highest BCUT2D eigenvalue weighted by molar-refractivity contribution is 6.32. The molecule has 0 unspecified atom stereocenters. The first kappa shape index (κ1) is 25.6. The van der Waals surface area contributed by atoms with Gasteiger partial charge < -0.3 is 19.9 Å². The molecule has 0 radical (unpaired) electrons. The van der Waals surface area contributed by atoms with Crippen LogP contribution in [-0.2, 0) is 11.4 Å². The van der Waals surface area contributed by atoms with E-state index in [0.29, 0.717) is 28.7 Å². The zero-order chi connectivity index (χ0) is 25.4. The molecule has 0 heterocycles. The van der Waals surface area contributed by atoms with Crippen LogP contribution in [0.15, 0.2) is 66.2 Å². The minimum Gasteiger partial charge on any atom is -0.490 e. The topological polar surface area (TPSA) is 109 Å². The van der Waals surface area contributed by atoms with Crippen molar-refractivity contribution < 1.29 is 24.2 Å². The van der Waals surface area contributed by atoms with Crippen LogP contribution in [0.3, 0.4) is 0 Å². The van der Waals surface area contributed by atoms with Crippen LogP contribution in [0, 0.1) is 11.3 Å². The summed E-state index contributed by atoms with van der Waals surface area (Å²) < 4.78 is 11.5. The molecule has 0 spiro atoms. The van der Waals surface area contributed by atoms with Gasteiger partial charge in [-0.15, -0.1) is 0 Å². The predicted molar refractivity (Wildman–Crippen MR) is 134 cm³/mol. The van der Waals surface area contributed by atoms with Crippen LogP contribution in [-0.4, -0.2) is 23.6 Å². The molecule has 7 nitrogen and oxygen atoms in total. The number of hydrogen-bond acceptors (Lipinski definition) is 5. The second-order valence-electron chi connectivity index (χ2n) is 7.15. The van der Waals surface area contributed by atoms with Crippen molar-refractivity contribution in [2.24, 2.45) is 0 Å². The van der Waals surface area contributed by atoms with E-state index in [-0.39, 0.29) is 28.5 Å². The zero-order valence-corrected chi connectivity index (χ0v) is 20.1. The number of aromatic carboxylic acids is 1. The molecule has 35 heavy (non-hydrogen) atoms. The third-order valence-electron chi connectivity index (χ3n) is 4.71. The second kappa shape index (κ2) is 11.9. The summed E-state index contributed by atoms with van der Waals surface area (Å²) in [7, 11) is 0. The monoisotopic (exact) mass is 510 g/mol. The minimum absolute atomic E-state index is 0.00537. The predicted octanol–water partition coefficient (Wildman–Crippen LogP) is 6.21. The fourth-order valence-electron chi connectivity index (χ4n) is 3.08. The molecule has 0 aliphatic carbocycles. The number of amides is 1. The molecule has 0 atom stereocenters. The number of carbonyl (C=O) groups excluding carboxylic acids is 1. The van der Waals surface area contributed by atoms with Gasteiger partial charge in [0, 0.05) is 16.3 Å². The molecular weight excluding hydrogens is 491 g/mol. The molecule has 0 saturated carbocycles. The molecule has 0 fully saturated rings. The van der Waals surface area contributed by atoms with E-state index >= 15 is 0 Å². The Balaban J connectivity index is 1.85. The van der Waals surface area contributed by atoms with Crippen molar-refractivity contribution >= 4 is 46.8 Å². The fourth-order valence-corrected chi connectivity index (χ4v) is 3.55. The maximum atomic E-state index is 12.6. The van der Waals surface area contributed by atoms with E-state index in [1.54, 1.807) is 25.1 Å². The van der Waals surface area contributed by atoms with Gasteiger partial charge in [0.2, 0.25) is 0 Å². The zero-order valence-electron chi connectivity index (χ0n) is 18.5. The highest BCUT2D eigenvalue weighted by Crippen LogP contribution is 2.38. The van der Waals surface area contributed by atoms with Gasteiger partial charge in [0.25, 0.3) is 5.91 Å². The number of nitrogens with one attached hydrogen (secondary N) is 1. The number of carbonyl (C=O) groups is 2. The van der Waals surface area contributed by atoms with E-state index in [4.69, 9.17) is 37.8 Å². The number of carboxylic acid groups (broad SMARTS) is 1. The van der Waals surface area contributed by atoms with Crippen LogP contribution >= 0.6 is 23.2 Å². The summed E-state index contributed by atoms with van der Waals surface area (Å²) in [5, 5.41) is 21.9. The first-order valence-corrected chi connectivity index (χ1v) is 11.2. The summed E-state index contributed by atoms with van der Waals surface area (Å²) in [4.78, 5) is 23.8.